The maximum Gasteiger partial charge on any atom is 0.258 e. The number of nitrogens with two attached hydrogens (primary N) is 1. The minimum atomic E-state index is -4.49. The van der Waals surface area contributed by atoms with Crippen LogP contribution in [0.5, 0.6) is 5.75 Å². The molecule has 2 heterocycles. The molecule has 0 aliphatic carbocycles. The van der Waals surface area contributed by atoms with Gasteiger partial charge in [0.1, 0.15) is 10.6 Å². The number of ether oxygens (including phenoxy) is 1. The summed E-state index contributed by atoms with van der Waals surface area (Å²) in [7, 11) is -1.74. The van der Waals surface area contributed by atoms with Crippen molar-refractivity contribution in [1.82, 2.24) is 19.1 Å². The number of halogens is 1. The van der Waals surface area contributed by atoms with E-state index in [0.29, 0.717) is 32.2 Å². The van der Waals surface area contributed by atoms with E-state index in [4.69, 9.17) is 22.1 Å². The number of nitrogens with zero attached hydrogens (tertiary/aromatic N) is 3. The van der Waals surface area contributed by atoms with Gasteiger partial charge in [0.25, 0.3) is 11.5 Å². The Hall–Kier alpha value is -2.93. The molecule has 1 aromatic carbocycles. The fourth-order valence-corrected chi connectivity index (χ4v) is 5.71. The second-order valence-electron chi connectivity index (χ2n) is 8.74. The fourth-order valence-electron chi connectivity index (χ4n) is 4.10. The molecule has 0 bridgehead atoms. The van der Waals surface area contributed by atoms with Crippen molar-refractivity contribution in [3.8, 4) is 16.9 Å². The Bertz CT molecular complexity index is 1320. The van der Waals surface area contributed by atoms with Crippen LogP contribution < -0.4 is 20.8 Å². The lowest BCUT2D eigenvalue weighted by atomic mass is 10.1. The summed E-state index contributed by atoms with van der Waals surface area (Å²) in [6.07, 6.45) is 1.42. The summed E-state index contributed by atoms with van der Waals surface area (Å²) in [6, 6.07) is 4.05. The number of amides is 2. The van der Waals surface area contributed by atoms with Gasteiger partial charge in [0.05, 0.1) is 17.7 Å². The van der Waals surface area contributed by atoms with E-state index in [9.17, 15) is 22.8 Å². The number of carbonyl (C=O) groups is 2. The molecule has 0 radical (unpaired) electrons. The Morgan fingerprint density at radius 2 is 1.78 bits per heavy atom. The van der Waals surface area contributed by atoms with Crippen LogP contribution in [0.2, 0.25) is 5.02 Å². The zero-order chi connectivity index (χ0) is 26.8. The highest BCUT2D eigenvalue weighted by atomic mass is 35.5. The third kappa shape index (κ3) is 5.72. The summed E-state index contributed by atoms with van der Waals surface area (Å²) >= 11 is 6.11. The first-order valence-electron chi connectivity index (χ1n) is 11.3. The zero-order valence-corrected chi connectivity index (χ0v) is 22.1. The number of para-hydroxylation sites is 1. The molecule has 3 N–H and O–H groups in total. The van der Waals surface area contributed by atoms with Gasteiger partial charge in [-0.25, -0.2) is 8.42 Å². The van der Waals surface area contributed by atoms with Crippen molar-refractivity contribution >= 4 is 33.4 Å². The predicted molar refractivity (Wildman–Crippen MR) is 135 cm³/mol. The number of carbonyl (C=O) groups excluding carboxylic acids is 2. The second-order valence-corrected chi connectivity index (χ2v) is 10.9. The highest BCUT2D eigenvalue weighted by molar-refractivity contribution is 7.89. The topological polar surface area (TPSA) is 144 Å². The third-order valence-corrected chi connectivity index (χ3v) is 7.73. The highest BCUT2D eigenvalue weighted by Crippen LogP contribution is 2.35. The minimum absolute atomic E-state index is 0.115. The summed E-state index contributed by atoms with van der Waals surface area (Å²) in [6.45, 7) is 5.92. The number of rotatable bonds is 8. The van der Waals surface area contributed by atoms with Gasteiger partial charge < -0.3 is 19.9 Å². The normalized spacial score (nSPS) is 15.7. The van der Waals surface area contributed by atoms with Gasteiger partial charge in [-0.15, -0.1) is 0 Å². The molecular formula is C23H30ClN5O6S. The largest absolute Gasteiger partial charge is 0.495 e. The van der Waals surface area contributed by atoms with E-state index in [-0.39, 0.29) is 26.8 Å². The van der Waals surface area contributed by atoms with E-state index < -0.39 is 33.4 Å². The van der Waals surface area contributed by atoms with Crippen molar-refractivity contribution in [2.75, 3.05) is 33.3 Å². The van der Waals surface area contributed by atoms with E-state index in [1.807, 2.05) is 13.8 Å². The summed E-state index contributed by atoms with van der Waals surface area (Å²) in [5.41, 5.74) is 5.30. The summed E-state index contributed by atoms with van der Waals surface area (Å²) < 4.78 is 35.5. The number of piperazine rings is 1. The van der Waals surface area contributed by atoms with Crippen LogP contribution in [0.25, 0.3) is 11.1 Å². The Labute approximate surface area is 214 Å². The van der Waals surface area contributed by atoms with Gasteiger partial charge in [0, 0.05) is 51.0 Å². The molecule has 196 valence electrons. The Morgan fingerprint density at radius 1 is 1.14 bits per heavy atom. The SMILES string of the molecule is COc1c(-c2cc(Cl)cn(C)c2=O)cccc1S(=O)(=O)N[C@@H](C(N)=O)C(=O)N1CCN(C(C)C)CC1. The molecule has 1 aromatic heterocycles. The maximum absolute atomic E-state index is 13.4. The number of aryl methyl sites for hydroxylation is 1. The molecule has 1 saturated heterocycles. The summed E-state index contributed by atoms with van der Waals surface area (Å²) in [5, 5.41) is 0.262. The molecule has 1 atom stereocenters. The lowest BCUT2D eigenvalue weighted by Gasteiger charge is -2.37. The monoisotopic (exact) mass is 539 g/mol. The first kappa shape index (κ1) is 27.7. The Balaban J connectivity index is 1.96. The number of nitrogens with one attached hydrogen (secondary N) is 1. The molecular weight excluding hydrogens is 510 g/mol. The lowest BCUT2D eigenvalue weighted by Crippen LogP contribution is -2.59. The number of methoxy groups -OCH3 is 1. The van der Waals surface area contributed by atoms with Crippen molar-refractivity contribution in [1.29, 1.82) is 0 Å². The Morgan fingerprint density at radius 3 is 2.33 bits per heavy atom. The van der Waals surface area contributed by atoms with Crippen LogP contribution in [-0.2, 0) is 26.7 Å². The number of pyridine rings is 1. The quantitative estimate of drug-likeness (QED) is 0.462. The fraction of sp³-hybridized carbons (Fsp3) is 0.435. The van der Waals surface area contributed by atoms with Gasteiger partial charge in [-0.3, -0.25) is 19.3 Å². The van der Waals surface area contributed by atoms with Gasteiger partial charge in [-0.05, 0) is 26.0 Å². The van der Waals surface area contributed by atoms with Crippen LogP contribution >= 0.6 is 11.6 Å². The molecule has 1 fully saturated rings. The molecule has 3 rings (SSSR count). The first-order chi connectivity index (χ1) is 16.9. The second kappa shape index (κ2) is 11.0. The molecule has 11 nitrogen and oxygen atoms in total. The van der Waals surface area contributed by atoms with E-state index in [1.54, 1.807) is 0 Å². The van der Waals surface area contributed by atoms with E-state index in [0.717, 1.165) is 0 Å². The van der Waals surface area contributed by atoms with Gasteiger partial charge in [0.2, 0.25) is 15.9 Å². The number of sulfonamides is 1. The van der Waals surface area contributed by atoms with Crippen molar-refractivity contribution in [3.05, 3.63) is 45.8 Å². The van der Waals surface area contributed by atoms with Crippen molar-refractivity contribution in [2.24, 2.45) is 12.8 Å². The van der Waals surface area contributed by atoms with Gasteiger partial charge in [-0.1, -0.05) is 23.7 Å². The minimum Gasteiger partial charge on any atom is -0.495 e. The molecule has 13 heteroatoms. The molecule has 1 aliphatic rings. The first-order valence-corrected chi connectivity index (χ1v) is 13.1. The van der Waals surface area contributed by atoms with E-state index >= 15 is 0 Å². The third-order valence-electron chi connectivity index (χ3n) is 6.07. The van der Waals surface area contributed by atoms with Crippen LogP contribution in [0.4, 0.5) is 0 Å². The average molecular weight is 540 g/mol. The summed E-state index contributed by atoms with van der Waals surface area (Å²) in [5.74, 6) is -2.01. The van der Waals surface area contributed by atoms with Crippen molar-refractivity contribution < 1.29 is 22.7 Å². The number of benzene rings is 1. The van der Waals surface area contributed by atoms with Crippen LogP contribution in [-0.4, -0.2) is 80.0 Å². The molecule has 0 spiro atoms. The Kier molecular flexibility index (Phi) is 8.44. The average Bonchev–Trinajstić information content (AvgIpc) is 2.83. The van der Waals surface area contributed by atoms with Crippen molar-refractivity contribution in [3.63, 3.8) is 0 Å². The molecule has 1 aliphatic heterocycles. The molecule has 0 unspecified atom stereocenters. The number of aromatic nitrogens is 1. The zero-order valence-electron chi connectivity index (χ0n) is 20.5. The molecule has 36 heavy (non-hydrogen) atoms. The van der Waals surface area contributed by atoms with Crippen LogP contribution in [0.3, 0.4) is 0 Å². The molecule has 2 amide bonds. The van der Waals surface area contributed by atoms with Gasteiger partial charge in [0.15, 0.2) is 6.04 Å². The van der Waals surface area contributed by atoms with E-state index in [1.165, 1.54) is 54.1 Å². The van der Waals surface area contributed by atoms with E-state index in [2.05, 4.69) is 9.62 Å². The number of hydrogen-bond donors (Lipinski definition) is 2. The highest BCUT2D eigenvalue weighted by Gasteiger charge is 2.36. The van der Waals surface area contributed by atoms with Crippen LogP contribution in [0.1, 0.15) is 13.8 Å². The number of primary amides is 1. The van der Waals surface area contributed by atoms with Crippen LogP contribution in [0, 0.1) is 0 Å². The lowest BCUT2D eigenvalue weighted by molar-refractivity contribution is -0.139. The molecule has 2 aromatic rings. The van der Waals surface area contributed by atoms with Gasteiger partial charge in [-0.2, -0.15) is 4.72 Å². The number of hydrogen-bond acceptors (Lipinski definition) is 7. The van der Waals surface area contributed by atoms with Gasteiger partial charge >= 0.3 is 0 Å². The predicted octanol–water partition coefficient (Wildman–Crippen LogP) is 0.399. The standard InChI is InChI=1S/C23H30ClN5O6S/c1-14(2)28-8-10-29(11-9-28)23(32)19(21(25)30)26-36(33,34)18-7-5-6-16(20(18)35-4)17-12-15(24)13-27(3)22(17)31/h5-7,12-14,19,26H,8-11H2,1-4H3,(H2,25,30)/t19-/m0/s1. The maximum atomic E-state index is 13.4. The smallest absolute Gasteiger partial charge is 0.258 e. The van der Waals surface area contributed by atoms with Crippen LogP contribution in [0.15, 0.2) is 40.2 Å². The van der Waals surface area contributed by atoms with Crippen molar-refractivity contribution in [2.45, 2.75) is 30.8 Å². The molecule has 0 saturated carbocycles. The summed E-state index contributed by atoms with van der Waals surface area (Å²) in [4.78, 5) is 41.2.